The number of rotatable bonds is 7. The molecule has 1 aromatic heterocycles. The fraction of sp³-hybridized carbons (Fsp3) is 0.138. The molecule has 0 atom stereocenters. The maximum Gasteiger partial charge on any atom is 0.266 e. The number of carbonyl (C=O) groups is 1. The number of hydrogen-bond donors (Lipinski definition) is 0. The number of carbonyl (C=O) groups excluding carboxylic acids is 1. The summed E-state index contributed by atoms with van der Waals surface area (Å²) < 4.78 is 8.34. The molecule has 5 nitrogen and oxygen atoms in total. The zero-order chi connectivity index (χ0) is 25.9. The summed E-state index contributed by atoms with van der Waals surface area (Å²) in [4.78, 5) is 15.3. The second-order valence-corrected chi connectivity index (χ2v) is 10.8. The summed E-state index contributed by atoms with van der Waals surface area (Å²) >= 11 is 13.0. The molecule has 186 valence electrons. The first-order valence-electron chi connectivity index (χ1n) is 11.8. The largest absolute Gasteiger partial charge is 0.489 e. The van der Waals surface area contributed by atoms with Gasteiger partial charge < -0.3 is 4.74 Å². The van der Waals surface area contributed by atoms with Crippen molar-refractivity contribution in [1.82, 2.24) is 14.7 Å². The van der Waals surface area contributed by atoms with Crippen LogP contribution in [0.3, 0.4) is 0 Å². The zero-order valence-corrected chi connectivity index (χ0v) is 22.7. The van der Waals surface area contributed by atoms with E-state index in [9.17, 15) is 4.79 Å². The van der Waals surface area contributed by atoms with Crippen LogP contribution in [0.1, 0.15) is 25.0 Å². The van der Waals surface area contributed by atoms with Crippen molar-refractivity contribution in [2.24, 2.45) is 0 Å². The van der Waals surface area contributed by atoms with Gasteiger partial charge in [-0.1, -0.05) is 72.0 Å². The smallest absolute Gasteiger partial charge is 0.266 e. The molecule has 37 heavy (non-hydrogen) atoms. The summed E-state index contributed by atoms with van der Waals surface area (Å²) in [6, 6.07) is 25.3. The number of hydrogen-bond acceptors (Lipinski definition) is 5. The van der Waals surface area contributed by atoms with Crippen LogP contribution in [0.4, 0.5) is 0 Å². The minimum atomic E-state index is -0.0771. The lowest BCUT2D eigenvalue weighted by Gasteiger charge is -2.18. The molecule has 1 amide bonds. The quantitative estimate of drug-likeness (QED) is 0.179. The Morgan fingerprint density at radius 2 is 1.73 bits per heavy atom. The summed E-state index contributed by atoms with van der Waals surface area (Å²) in [6.07, 6.45) is 3.82. The van der Waals surface area contributed by atoms with E-state index in [4.69, 9.17) is 33.7 Å². The molecule has 1 aliphatic rings. The second kappa shape index (κ2) is 10.9. The van der Waals surface area contributed by atoms with Gasteiger partial charge in [0.25, 0.3) is 5.91 Å². The molecule has 0 saturated carbocycles. The average molecular weight is 546 g/mol. The summed E-state index contributed by atoms with van der Waals surface area (Å²) in [5.74, 6) is 0.650. The van der Waals surface area contributed by atoms with Crippen LogP contribution >= 0.6 is 35.6 Å². The van der Waals surface area contributed by atoms with Crippen LogP contribution in [0, 0.1) is 0 Å². The Labute approximate surface area is 230 Å². The van der Waals surface area contributed by atoms with Gasteiger partial charge in [-0.15, -0.1) is 0 Å². The molecule has 2 heterocycles. The van der Waals surface area contributed by atoms with Gasteiger partial charge in [0.2, 0.25) is 0 Å². The number of thiocarbonyl (C=S) groups is 1. The van der Waals surface area contributed by atoms with Gasteiger partial charge in [-0.3, -0.25) is 9.69 Å². The first-order valence-corrected chi connectivity index (χ1v) is 13.4. The lowest BCUT2D eigenvalue weighted by atomic mass is 10.1. The van der Waals surface area contributed by atoms with Gasteiger partial charge in [0.15, 0.2) is 0 Å². The first-order chi connectivity index (χ1) is 17.9. The van der Waals surface area contributed by atoms with Gasteiger partial charge in [-0.05, 0) is 62.4 Å². The third kappa shape index (κ3) is 5.49. The molecule has 0 bridgehead atoms. The van der Waals surface area contributed by atoms with E-state index in [1.165, 1.54) is 11.8 Å². The molecule has 1 saturated heterocycles. The van der Waals surface area contributed by atoms with Crippen LogP contribution in [0.15, 0.2) is 90.0 Å². The van der Waals surface area contributed by atoms with Gasteiger partial charge in [0.1, 0.15) is 16.7 Å². The molecule has 5 rings (SSSR count). The Hall–Kier alpha value is -3.39. The summed E-state index contributed by atoms with van der Waals surface area (Å²) in [5.41, 5.74) is 4.35. The number of para-hydroxylation sites is 1. The maximum atomic E-state index is 13.0. The van der Waals surface area contributed by atoms with Gasteiger partial charge >= 0.3 is 0 Å². The van der Waals surface area contributed by atoms with Crippen LogP contribution < -0.4 is 4.74 Å². The highest BCUT2D eigenvalue weighted by Gasteiger charge is 2.34. The van der Waals surface area contributed by atoms with Crippen molar-refractivity contribution in [3.63, 3.8) is 0 Å². The van der Waals surface area contributed by atoms with Crippen molar-refractivity contribution >= 4 is 51.9 Å². The highest BCUT2D eigenvalue weighted by Crippen LogP contribution is 2.36. The van der Waals surface area contributed by atoms with Crippen molar-refractivity contribution in [3.05, 3.63) is 106 Å². The van der Waals surface area contributed by atoms with E-state index >= 15 is 0 Å². The fourth-order valence-electron chi connectivity index (χ4n) is 3.98. The number of aromatic nitrogens is 2. The molecule has 0 unspecified atom stereocenters. The Bertz CT molecular complexity index is 1480. The van der Waals surface area contributed by atoms with Crippen LogP contribution in [-0.2, 0) is 11.4 Å². The lowest BCUT2D eigenvalue weighted by Crippen LogP contribution is -2.34. The van der Waals surface area contributed by atoms with E-state index in [2.05, 4.69) is 0 Å². The van der Waals surface area contributed by atoms with E-state index in [0.717, 1.165) is 33.8 Å². The Morgan fingerprint density at radius 3 is 2.41 bits per heavy atom. The number of amides is 1. The SMILES string of the molecule is CC(C)N1C(=O)C(=Cc2cn(-c3ccccc3)nc2-c2ccc(OCc3ccccc3Cl)cc2)SC1=S. The Balaban J connectivity index is 1.46. The summed E-state index contributed by atoms with van der Waals surface area (Å²) in [6.45, 7) is 4.30. The molecule has 0 aliphatic carbocycles. The lowest BCUT2D eigenvalue weighted by molar-refractivity contribution is -0.123. The predicted molar refractivity (Wildman–Crippen MR) is 155 cm³/mol. The minimum Gasteiger partial charge on any atom is -0.489 e. The standard InChI is InChI=1S/C29H24ClN3O2S2/c1-19(2)33-28(34)26(37-29(33)36)16-22-17-32(23-9-4-3-5-10-23)31-27(22)20-12-14-24(15-13-20)35-18-21-8-6-7-11-25(21)30/h3-17,19H,18H2,1-2H3. The summed E-state index contributed by atoms with van der Waals surface area (Å²) in [7, 11) is 0. The van der Waals surface area contributed by atoms with Crippen molar-refractivity contribution < 1.29 is 9.53 Å². The van der Waals surface area contributed by atoms with Gasteiger partial charge in [0, 0.05) is 34.0 Å². The number of thioether (sulfide) groups is 1. The summed E-state index contributed by atoms with van der Waals surface area (Å²) in [5, 5.41) is 5.55. The first kappa shape index (κ1) is 25.3. The molecular formula is C29H24ClN3O2S2. The fourth-order valence-corrected chi connectivity index (χ4v) is 5.69. The van der Waals surface area contributed by atoms with Gasteiger partial charge in [-0.25, -0.2) is 4.68 Å². The van der Waals surface area contributed by atoms with Gasteiger partial charge in [0.05, 0.1) is 16.3 Å². The molecule has 0 N–H and O–H groups in total. The molecule has 0 spiro atoms. The highest BCUT2D eigenvalue weighted by atomic mass is 35.5. The third-order valence-corrected chi connectivity index (χ3v) is 7.57. The maximum absolute atomic E-state index is 13.0. The molecule has 1 aliphatic heterocycles. The topological polar surface area (TPSA) is 47.4 Å². The minimum absolute atomic E-state index is 0.00299. The molecular weight excluding hydrogens is 522 g/mol. The van der Waals surface area contributed by atoms with Crippen LogP contribution in [-0.4, -0.2) is 30.9 Å². The number of halogens is 1. The number of ether oxygens (including phenoxy) is 1. The Morgan fingerprint density at radius 1 is 1.03 bits per heavy atom. The van der Waals surface area contributed by atoms with E-state index in [1.807, 2.05) is 110 Å². The average Bonchev–Trinajstić information content (AvgIpc) is 3.44. The monoisotopic (exact) mass is 545 g/mol. The van der Waals surface area contributed by atoms with Gasteiger partial charge in [-0.2, -0.15) is 5.10 Å². The Kier molecular flexibility index (Phi) is 7.46. The zero-order valence-electron chi connectivity index (χ0n) is 20.3. The van der Waals surface area contributed by atoms with E-state index in [-0.39, 0.29) is 11.9 Å². The van der Waals surface area contributed by atoms with Crippen molar-refractivity contribution in [1.29, 1.82) is 0 Å². The predicted octanol–water partition coefficient (Wildman–Crippen LogP) is 7.38. The number of nitrogens with zero attached hydrogens (tertiary/aromatic N) is 3. The van der Waals surface area contributed by atoms with Crippen LogP contribution in [0.25, 0.3) is 23.0 Å². The van der Waals surface area contributed by atoms with E-state index < -0.39 is 0 Å². The van der Waals surface area contributed by atoms with E-state index in [1.54, 1.807) is 4.90 Å². The second-order valence-electron chi connectivity index (χ2n) is 8.76. The van der Waals surface area contributed by atoms with Crippen LogP contribution in [0.2, 0.25) is 5.02 Å². The normalized spacial score (nSPS) is 14.7. The molecule has 0 radical (unpaired) electrons. The highest BCUT2D eigenvalue weighted by molar-refractivity contribution is 8.26. The van der Waals surface area contributed by atoms with E-state index in [0.29, 0.717) is 20.9 Å². The number of benzene rings is 3. The van der Waals surface area contributed by atoms with Crippen LogP contribution in [0.5, 0.6) is 5.75 Å². The van der Waals surface area contributed by atoms with Crippen molar-refractivity contribution in [2.75, 3.05) is 0 Å². The molecule has 8 heteroatoms. The van der Waals surface area contributed by atoms with Crippen molar-refractivity contribution in [3.8, 4) is 22.7 Å². The molecule has 3 aromatic carbocycles. The third-order valence-electron chi connectivity index (χ3n) is 5.87. The molecule has 1 fully saturated rings. The molecule has 4 aromatic rings. The van der Waals surface area contributed by atoms with Crippen molar-refractivity contribution in [2.45, 2.75) is 26.5 Å².